The lowest BCUT2D eigenvalue weighted by Crippen LogP contribution is -2.12. The molecule has 0 fully saturated rings. The van der Waals surface area contributed by atoms with Crippen molar-refractivity contribution in [2.75, 3.05) is 13.6 Å². The second-order valence-corrected chi connectivity index (χ2v) is 4.47. The van der Waals surface area contributed by atoms with Crippen LogP contribution in [0.4, 0.5) is 4.39 Å². The van der Waals surface area contributed by atoms with E-state index in [0.717, 1.165) is 30.0 Å². The molecule has 0 saturated carbocycles. The molecular weight excluding hydrogens is 229 g/mol. The van der Waals surface area contributed by atoms with Crippen LogP contribution in [0.5, 0.6) is 0 Å². The topological polar surface area (TPSA) is 29.9 Å². The Bertz CT molecular complexity index is 546. The van der Waals surface area contributed by atoms with Crippen molar-refractivity contribution in [2.45, 2.75) is 13.3 Å². The van der Waals surface area contributed by atoms with E-state index in [1.165, 1.54) is 6.07 Å². The summed E-state index contributed by atoms with van der Waals surface area (Å²) < 4.78 is 15.3. The van der Waals surface area contributed by atoms with Crippen LogP contribution in [-0.4, -0.2) is 23.1 Å². The molecule has 0 atom stereocenters. The third-order valence-corrected chi connectivity index (χ3v) is 3.02. The first-order chi connectivity index (χ1) is 8.61. The minimum atomic E-state index is -0.176. The molecule has 0 spiro atoms. The molecule has 96 valence electrons. The predicted octanol–water partition coefficient (Wildman–Crippen LogP) is 2.30. The normalized spacial score (nSPS) is 10.9. The van der Waals surface area contributed by atoms with Gasteiger partial charge in [-0.2, -0.15) is 0 Å². The average molecular weight is 247 g/mol. The number of halogens is 1. The maximum absolute atomic E-state index is 13.2. The maximum Gasteiger partial charge on any atom is 0.126 e. The largest absolute Gasteiger partial charge is 0.337 e. The molecule has 1 aromatic heterocycles. The van der Waals surface area contributed by atoms with Crippen LogP contribution in [0.15, 0.2) is 24.4 Å². The second-order valence-electron chi connectivity index (χ2n) is 4.47. The first-order valence-electron chi connectivity index (χ1n) is 6.05. The highest BCUT2D eigenvalue weighted by molar-refractivity contribution is 5.59. The minimum Gasteiger partial charge on any atom is -0.337 e. The van der Waals surface area contributed by atoms with Crippen LogP contribution in [0, 0.1) is 12.7 Å². The Balaban J connectivity index is 2.30. The number of hydrogen-bond donors (Lipinski definition) is 1. The molecule has 0 aliphatic rings. The van der Waals surface area contributed by atoms with Crippen LogP contribution in [0.1, 0.15) is 11.4 Å². The monoisotopic (exact) mass is 247 g/mol. The first-order valence-corrected chi connectivity index (χ1v) is 6.05. The fourth-order valence-corrected chi connectivity index (χ4v) is 1.92. The summed E-state index contributed by atoms with van der Waals surface area (Å²) in [6, 6.07) is 5.10. The summed E-state index contributed by atoms with van der Waals surface area (Å²) >= 11 is 0. The molecule has 0 radical (unpaired) electrons. The van der Waals surface area contributed by atoms with Crippen molar-refractivity contribution in [3.8, 4) is 11.3 Å². The van der Waals surface area contributed by atoms with E-state index in [0.29, 0.717) is 5.56 Å². The zero-order valence-corrected chi connectivity index (χ0v) is 11.0. The van der Waals surface area contributed by atoms with Crippen molar-refractivity contribution in [3.63, 3.8) is 0 Å². The van der Waals surface area contributed by atoms with Gasteiger partial charge in [-0.05, 0) is 37.7 Å². The van der Waals surface area contributed by atoms with Gasteiger partial charge < -0.3 is 9.88 Å². The average Bonchev–Trinajstić information content (AvgIpc) is 2.72. The molecular formula is C14H18FN3. The van der Waals surface area contributed by atoms with Gasteiger partial charge >= 0.3 is 0 Å². The van der Waals surface area contributed by atoms with Crippen LogP contribution in [-0.2, 0) is 13.5 Å². The van der Waals surface area contributed by atoms with E-state index in [1.807, 2.05) is 30.9 Å². The number of nitrogens with zero attached hydrogens (tertiary/aromatic N) is 2. The third kappa shape index (κ3) is 2.59. The van der Waals surface area contributed by atoms with Crippen LogP contribution in [0.3, 0.4) is 0 Å². The molecule has 2 aromatic rings. The SMILES string of the molecule is CNCCc1nc(-c2ccc(F)c(C)c2)cn1C. The number of hydrogen-bond acceptors (Lipinski definition) is 2. The molecule has 0 saturated heterocycles. The zero-order chi connectivity index (χ0) is 13.1. The highest BCUT2D eigenvalue weighted by Crippen LogP contribution is 2.21. The molecule has 0 bridgehead atoms. The number of nitrogens with one attached hydrogen (secondary N) is 1. The Hall–Kier alpha value is -1.68. The molecule has 4 heteroatoms. The van der Waals surface area contributed by atoms with Gasteiger partial charge in [-0.3, -0.25) is 0 Å². The number of imidazole rings is 1. The molecule has 2 rings (SSSR count). The Morgan fingerprint density at radius 1 is 1.39 bits per heavy atom. The van der Waals surface area contributed by atoms with Gasteiger partial charge in [0.15, 0.2) is 0 Å². The summed E-state index contributed by atoms with van der Waals surface area (Å²) in [7, 11) is 3.91. The van der Waals surface area contributed by atoms with Gasteiger partial charge in [-0.15, -0.1) is 0 Å². The number of aromatic nitrogens is 2. The molecule has 18 heavy (non-hydrogen) atoms. The van der Waals surface area contributed by atoms with E-state index in [4.69, 9.17) is 0 Å². The fraction of sp³-hybridized carbons (Fsp3) is 0.357. The predicted molar refractivity (Wildman–Crippen MR) is 71.0 cm³/mol. The highest BCUT2D eigenvalue weighted by Gasteiger charge is 2.08. The van der Waals surface area contributed by atoms with E-state index in [-0.39, 0.29) is 5.82 Å². The van der Waals surface area contributed by atoms with E-state index >= 15 is 0 Å². The quantitative estimate of drug-likeness (QED) is 0.898. The highest BCUT2D eigenvalue weighted by atomic mass is 19.1. The molecule has 1 aromatic carbocycles. The van der Waals surface area contributed by atoms with Gasteiger partial charge in [0.1, 0.15) is 11.6 Å². The molecule has 1 N–H and O–H groups in total. The number of benzene rings is 1. The Labute approximate surface area is 107 Å². The van der Waals surface area contributed by atoms with Gasteiger partial charge in [-0.25, -0.2) is 9.37 Å². The van der Waals surface area contributed by atoms with E-state index < -0.39 is 0 Å². The number of likely N-dealkylation sites (N-methyl/N-ethyl adjacent to an activating group) is 1. The van der Waals surface area contributed by atoms with Gasteiger partial charge in [0.25, 0.3) is 0 Å². The molecule has 0 aliphatic heterocycles. The van der Waals surface area contributed by atoms with Gasteiger partial charge in [-0.1, -0.05) is 0 Å². The Kier molecular flexibility index (Phi) is 3.77. The summed E-state index contributed by atoms with van der Waals surface area (Å²) in [6.45, 7) is 2.66. The third-order valence-electron chi connectivity index (χ3n) is 3.02. The molecule has 0 amide bonds. The molecule has 0 aliphatic carbocycles. The van der Waals surface area contributed by atoms with E-state index in [9.17, 15) is 4.39 Å². The summed E-state index contributed by atoms with van der Waals surface area (Å²) in [5, 5.41) is 3.11. The van der Waals surface area contributed by atoms with Crippen LogP contribution in [0.2, 0.25) is 0 Å². The van der Waals surface area contributed by atoms with Crippen LogP contribution >= 0.6 is 0 Å². The molecule has 3 nitrogen and oxygen atoms in total. The van der Waals surface area contributed by atoms with Crippen molar-refractivity contribution in [2.24, 2.45) is 7.05 Å². The fourth-order valence-electron chi connectivity index (χ4n) is 1.92. The number of rotatable bonds is 4. The minimum absolute atomic E-state index is 0.176. The Morgan fingerprint density at radius 3 is 2.83 bits per heavy atom. The summed E-state index contributed by atoms with van der Waals surface area (Å²) in [6.07, 6.45) is 2.87. The van der Waals surface area contributed by atoms with E-state index in [1.54, 1.807) is 13.0 Å². The number of aryl methyl sites for hydroxylation is 2. The van der Waals surface area contributed by atoms with Crippen molar-refractivity contribution in [1.29, 1.82) is 0 Å². The van der Waals surface area contributed by atoms with Crippen molar-refractivity contribution >= 4 is 0 Å². The molecule has 0 unspecified atom stereocenters. The standard InChI is InChI=1S/C14H18FN3/c1-10-8-11(4-5-12(10)15)13-9-18(3)14(17-13)6-7-16-2/h4-5,8-9,16H,6-7H2,1-3H3. The van der Waals surface area contributed by atoms with E-state index in [2.05, 4.69) is 10.3 Å². The summed E-state index contributed by atoms with van der Waals surface area (Å²) in [4.78, 5) is 4.59. The lowest BCUT2D eigenvalue weighted by atomic mass is 10.1. The smallest absolute Gasteiger partial charge is 0.126 e. The van der Waals surface area contributed by atoms with Crippen molar-refractivity contribution in [3.05, 3.63) is 41.6 Å². The van der Waals surface area contributed by atoms with Crippen LogP contribution in [0.25, 0.3) is 11.3 Å². The maximum atomic E-state index is 13.2. The first kappa shape index (κ1) is 12.8. The summed E-state index contributed by atoms with van der Waals surface area (Å²) in [5.41, 5.74) is 2.50. The second kappa shape index (κ2) is 5.31. The lowest BCUT2D eigenvalue weighted by Gasteiger charge is -2.00. The zero-order valence-electron chi connectivity index (χ0n) is 11.0. The van der Waals surface area contributed by atoms with Gasteiger partial charge in [0, 0.05) is 31.8 Å². The van der Waals surface area contributed by atoms with Gasteiger partial charge in [0.2, 0.25) is 0 Å². The van der Waals surface area contributed by atoms with Gasteiger partial charge in [0.05, 0.1) is 5.69 Å². The Morgan fingerprint density at radius 2 is 2.17 bits per heavy atom. The molecule has 1 heterocycles. The van der Waals surface area contributed by atoms with Crippen molar-refractivity contribution < 1.29 is 4.39 Å². The lowest BCUT2D eigenvalue weighted by molar-refractivity contribution is 0.619. The van der Waals surface area contributed by atoms with Crippen molar-refractivity contribution in [1.82, 2.24) is 14.9 Å². The van der Waals surface area contributed by atoms with Crippen LogP contribution < -0.4 is 5.32 Å². The summed E-state index contributed by atoms with van der Waals surface area (Å²) in [5.74, 6) is 0.853.